The van der Waals surface area contributed by atoms with Crippen molar-refractivity contribution in [3.05, 3.63) is 120 Å². The lowest BCUT2D eigenvalue weighted by Crippen LogP contribution is -1.93. The number of halogens is 1. The highest BCUT2D eigenvalue weighted by Crippen LogP contribution is 2.38. The Morgan fingerprint density at radius 3 is 1.77 bits per heavy atom. The zero-order valence-electron chi connectivity index (χ0n) is 18.6. The first-order valence-electron chi connectivity index (χ1n) is 11.3. The predicted octanol–water partition coefficient (Wildman–Crippen LogP) is 8.31. The van der Waals surface area contributed by atoms with Crippen LogP contribution in [0.1, 0.15) is 5.56 Å². The lowest BCUT2D eigenvalue weighted by atomic mass is 9.92. The maximum Gasteiger partial charge on any atom is 0.223 e. The molecule has 0 aliphatic carbocycles. The summed E-state index contributed by atoms with van der Waals surface area (Å²) in [6, 6.07) is 39.0. The van der Waals surface area contributed by atoms with Crippen LogP contribution in [0.15, 0.2) is 109 Å². The van der Waals surface area contributed by atoms with E-state index in [1.165, 1.54) is 0 Å². The maximum absolute atomic E-state index is 9.04. The topological polar surface area (TPSA) is 49.6 Å². The van der Waals surface area contributed by atoms with Gasteiger partial charge in [-0.15, -0.1) is 0 Å². The van der Waals surface area contributed by atoms with Gasteiger partial charge in [-0.1, -0.05) is 91.0 Å². The minimum atomic E-state index is 0.241. The number of rotatable bonds is 3. The smallest absolute Gasteiger partial charge is 0.218 e. The van der Waals surface area contributed by atoms with Gasteiger partial charge in [0.05, 0.1) is 22.8 Å². The third kappa shape index (κ3) is 3.81. The van der Waals surface area contributed by atoms with E-state index in [0.29, 0.717) is 5.56 Å². The molecule has 0 bridgehead atoms. The van der Waals surface area contributed by atoms with Crippen LogP contribution >= 0.6 is 11.6 Å². The highest BCUT2D eigenvalue weighted by Gasteiger charge is 2.14. The van der Waals surface area contributed by atoms with Crippen LogP contribution in [0.5, 0.6) is 0 Å². The molecule has 0 saturated carbocycles. The summed E-state index contributed by atoms with van der Waals surface area (Å²) in [6.07, 6.45) is 0. The number of benzene rings is 5. The lowest BCUT2D eigenvalue weighted by Gasteiger charge is -2.13. The Morgan fingerprint density at radius 2 is 1.09 bits per heavy atom. The molecule has 3 nitrogen and oxygen atoms in total. The average Bonchev–Trinajstić information content (AvgIpc) is 2.92. The first-order valence-corrected chi connectivity index (χ1v) is 11.6. The molecule has 0 saturated heterocycles. The van der Waals surface area contributed by atoms with Crippen LogP contribution < -0.4 is 0 Å². The average molecular weight is 468 g/mol. The summed E-state index contributed by atoms with van der Waals surface area (Å²) in [5.41, 5.74) is 7.84. The normalized spacial score (nSPS) is 11.0. The minimum absolute atomic E-state index is 0.241. The van der Waals surface area contributed by atoms with Crippen LogP contribution in [-0.4, -0.2) is 9.97 Å². The van der Waals surface area contributed by atoms with Crippen LogP contribution in [0.4, 0.5) is 0 Å². The van der Waals surface area contributed by atoms with Crippen LogP contribution in [0.3, 0.4) is 0 Å². The summed E-state index contributed by atoms with van der Waals surface area (Å²) in [5, 5.41) is 12.5. The summed E-state index contributed by atoms with van der Waals surface area (Å²) in [6.45, 7) is 0. The minimum Gasteiger partial charge on any atom is -0.218 e. The third-order valence-electron chi connectivity index (χ3n) is 6.30. The summed E-state index contributed by atoms with van der Waals surface area (Å²) >= 11 is 6.30. The number of fused-ring (bicyclic) bond motifs is 2. The quantitative estimate of drug-likeness (QED) is 0.246. The summed E-state index contributed by atoms with van der Waals surface area (Å²) in [4.78, 5) is 9.00. The molecule has 35 heavy (non-hydrogen) atoms. The number of nitriles is 1. The fraction of sp³-hybridized carbons (Fsp3) is 0. The highest BCUT2D eigenvalue weighted by molar-refractivity contribution is 6.29. The summed E-state index contributed by atoms with van der Waals surface area (Å²) < 4.78 is 0. The number of hydrogen-bond acceptors (Lipinski definition) is 3. The van der Waals surface area contributed by atoms with Crippen molar-refractivity contribution >= 4 is 33.3 Å². The SMILES string of the molecule is N#Cc1ccc(-c2ccc(-c3ccc(-c4nc(Cl)nc5ccccc45)c4ccccc34)cc2)cc1. The number of hydrogen-bond donors (Lipinski definition) is 0. The third-order valence-corrected chi connectivity index (χ3v) is 6.47. The fourth-order valence-corrected chi connectivity index (χ4v) is 4.77. The van der Waals surface area contributed by atoms with Gasteiger partial charge in [0.25, 0.3) is 0 Å². The van der Waals surface area contributed by atoms with Crippen molar-refractivity contribution in [3.63, 3.8) is 0 Å². The second-order valence-corrected chi connectivity index (χ2v) is 8.67. The monoisotopic (exact) mass is 467 g/mol. The molecule has 164 valence electrons. The van der Waals surface area contributed by atoms with Gasteiger partial charge in [-0.25, -0.2) is 9.97 Å². The fourth-order valence-electron chi connectivity index (χ4n) is 4.59. The van der Waals surface area contributed by atoms with Gasteiger partial charge in [0.15, 0.2) is 0 Å². The van der Waals surface area contributed by atoms with Crippen LogP contribution in [0, 0.1) is 11.3 Å². The Kier molecular flexibility index (Phi) is 5.22. The molecule has 6 aromatic rings. The standard InChI is InChI=1S/C31H18ClN3/c32-31-34-29-8-4-3-7-28(29)30(35-31)27-18-17-24(25-5-1-2-6-26(25)27)23-15-13-22(14-16-23)21-11-9-20(19-33)10-12-21/h1-18H. The van der Waals surface area contributed by atoms with Gasteiger partial charge in [0.1, 0.15) is 0 Å². The molecule has 0 spiro atoms. The van der Waals surface area contributed by atoms with E-state index in [1.807, 2.05) is 48.5 Å². The summed E-state index contributed by atoms with van der Waals surface area (Å²) in [7, 11) is 0. The largest absolute Gasteiger partial charge is 0.223 e. The zero-order chi connectivity index (χ0) is 23.8. The van der Waals surface area contributed by atoms with Crippen LogP contribution in [-0.2, 0) is 0 Å². The Labute approximate surface area is 207 Å². The number of nitrogens with zero attached hydrogens (tertiary/aromatic N) is 3. The second kappa shape index (κ2) is 8.68. The summed E-state index contributed by atoms with van der Waals surface area (Å²) in [5.74, 6) is 0. The first-order chi connectivity index (χ1) is 17.2. The van der Waals surface area contributed by atoms with Crippen LogP contribution in [0.25, 0.3) is 55.2 Å². The van der Waals surface area contributed by atoms with Gasteiger partial charge in [-0.05, 0) is 62.8 Å². The van der Waals surface area contributed by atoms with Gasteiger partial charge < -0.3 is 0 Å². The van der Waals surface area contributed by atoms with Crippen molar-refractivity contribution in [2.75, 3.05) is 0 Å². The molecular formula is C31H18ClN3. The first kappa shape index (κ1) is 21.0. The van der Waals surface area contributed by atoms with Crippen molar-refractivity contribution in [2.24, 2.45) is 0 Å². The highest BCUT2D eigenvalue weighted by atomic mass is 35.5. The van der Waals surface area contributed by atoms with E-state index in [9.17, 15) is 0 Å². The molecule has 4 heteroatoms. The Hall–Kier alpha value is -4.52. The van der Waals surface area contributed by atoms with E-state index >= 15 is 0 Å². The predicted molar refractivity (Wildman–Crippen MR) is 143 cm³/mol. The van der Waals surface area contributed by atoms with Crippen LogP contribution in [0.2, 0.25) is 5.28 Å². The van der Waals surface area contributed by atoms with E-state index < -0.39 is 0 Å². The molecule has 0 fully saturated rings. The van der Waals surface area contributed by atoms with Crippen molar-refractivity contribution in [1.29, 1.82) is 5.26 Å². The molecule has 0 atom stereocenters. The molecule has 6 rings (SSSR count). The van der Waals surface area contributed by atoms with Gasteiger partial charge in [-0.3, -0.25) is 0 Å². The van der Waals surface area contributed by atoms with Gasteiger partial charge in [-0.2, -0.15) is 5.26 Å². The van der Waals surface area contributed by atoms with Gasteiger partial charge >= 0.3 is 0 Å². The molecule has 0 amide bonds. The number of aromatic nitrogens is 2. The zero-order valence-corrected chi connectivity index (χ0v) is 19.4. The maximum atomic E-state index is 9.04. The molecule has 1 aromatic heterocycles. The molecule has 0 N–H and O–H groups in total. The van der Waals surface area contributed by atoms with Gasteiger partial charge in [0.2, 0.25) is 5.28 Å². The van der Waals surface area contributed by atoms with E-state index in [4.69, 9.17) is 16.9 Å². The molecule has 0 radical (unpaired) electrons. The molecule has 5 aromatic carbocycles. The van der Waals surface area contributed by atoms with E-state index in [0.717, 1.165) is 55.2 Å². The second-order valence-electron chi connectivity index (χ2n) is 8.33. The number of para-hydroxylation sites is 1. The van der Waals surface area contributed by atoms with Crippen molar-refractivity contribution in [3.8, 4) is 39.6 Å². The Bertz CT molecular complexity index is 1750. The van der Waals surface area contributed by atoms with E-state index in [-0.39, 0.29) is 5.28 Å². The molecule has 0 aliphatic rings. The van der Waals surface area contributed by atoms with E-state index in [1.54, 1.807) is 0 Å². The molecular weight excluding hydrogens is 450 g/mol. The lowest BCUT2D eigenvalue weighted by molar-refractivity contribution is 1.23. The Morgan fingerprint density at radius 1 is 0.543 bits per heavy atom. The molecule has 1 heterocycles. The van der Waals surface area contributed by atoms with Gasteiger partial charge in [0, 0.05) is 10.9 Å². The molecule has 0 aliphatic heterocycles. The Balaban J connectivity index is 1.47. The van der Waals surface area contributed by atoms with Crippen molar-refractivity contribution in [1.82, 2.24) is 9.97 Å². The van der Waals surface area contributed by atoms with Crippen molar-refractivity contribution in [2.45, 2.75) is 0 Å². The van der Waals surface area contributed by atoms with E-state index in [2.05, 4.69) is 76.7 Å². The van der Waals surface area contributed by atoms with Crippen molar-refractivity contribution < 1.29 is 0 Å². The molecule has 0 unspecified atom stereocenters.